The Morgan fingerprint density at radius 1 is 1.59 bits per heavy atom. The number of nitrogens with zero attached hydrogens (tertiary/aromatic N) is 1. The Morgan fingerprint density at radius 2 is 2.18 bits per heavy atom. The van der Waals surface area contributed by atoms with Crippen LogP contribution in [0, 0.1) is 6.92 Å². The summed E-state index contributed by atoms with van der Waals surface area (Å²) in [6.45, 7) is 1.54. The van der Waals surface area contributed by atoms with E-state index < -0.39 is 10.0 Å². The zero-order valence-corrected chi connectivity index (χ0v) is 12.9. The van der Waals surface area contributed by atoms with Gasteiger partial charge in [-0.15, -0.1) is 11.3 Å². The van der Waals surface area contributed by atoms with Gasteiger partial charge in [0.15, 0.2) is 0 Å². The van der Waals surface area contributed by atoms with E-state index in [4.69, 9.17) is 0 Å². The van der Waals surface area contributed by atoms with Gasteiger partial charge in [0, 0.05) is 19.0 Å². The molecule has 0 saturated heterocycles. The van der Waals surface area contributed by atoms with Crippen LogP contribution in [0.2, 0.25) is 0 Å². The molecule has 0 unspecified atom stereocenters. The largest absolute Gasteiger partial charge is 0.358 e. The van der Waals surface area contributed by atoms with Crippen LogP contribution in [0.4, 0.5) is 0 Å². The van der Waals surface area contributed by atoms with E-state index in [2.05, 4.69) is 21.2 Å². The van der Waals surface area contributed by atoms with Crippen LogP contribution >= 0.6 is 27.3 Å². The number of rotatable bonds is 4. The average molecular weight is 341 g/mol. The summed E-state index contributed by atoms with van der Waals surface area (Å²) in [5.41, 5.74) is 0. The van der Waals surface area contributed by atoms with E-state index in [1.165, 1.54) is 25.4 Å². The van der Waals surface area contributed by atoms with Crippen molar-refractivity contribution in [2.75, 3.05) is 20.6 Å². The Bertz CT molecular complexity index is 524. The molecule has 0 fully saturated rings. The summed E-state index contributed by atoms with van der Waals surface area (Å²) in [6.07, 6.45) is 0. The molecule has 1 aromatic heterocycles. The lowest BCUT2D eigenvalue weighted by atomic mass is 10.5. The minimum absolute atomic E-state index is 0.189. The lowest BCUT2D eigenvalue weighted by Gasteiger charge is -2.15. The molecule has 0 spiro atoms. The van der Waals surface area contributed by atoms with Crippen molar-refractivity contribution in [3.63, 3.8) is 0 Å². The Balaban J connectivity index is 3.03. The molecule has 0 radical (unpaired) electrons. The van der Waals surface area contributed by atoms with Crippen LogP contribution in [0.15, 0.2) is 14.7 Å². The first kappa shape index (κ1) is 14.6. The number of carbonyl (C=O) groups is 1. The Hall–Kier alpha value is -0.440. The molecule has 0 aliphatic carbocycles. The highest BCUT2D eigenvalue weighted by molar-refractivity contribution is 9.11. The van der Waals surface area contributed by atoms with E-state index in [-0.39, 0.29) is 17.3 Å². The van der Waals surface area contributed by atoms with Crippen molar-refractivity contribution in [2.24, 2.45) is 0 Å². The van der Waals surface area contributed by atoms with Crippen molar-refractivity contribution in [1.82, 2.24) is 9.62 Å². The first-order chi connectivity index (χ1) is 7.78. The predicted octanol–water partition coefficient (Wildman–Crippen LogP) is 1.19. The normalized spacial score (nSPS) is 11.8. The smallest absolute Gasteiger partial charge is 0.244 e. The maximum Gasteiger partial charge on any atom is 0.244 e. The second-order valence-corrected chi connectivity index (χ2v) is 8.05. The van der Waals surface area contributed by atoms with Gasteiger partial charge in [-0.25, -0.2) is 8.42 Å². The standard InChI is InChI=1S/C9H13BrN2O3S2/c1-6-7(4-8(10)16-6)17(14,15)12(3)5-9(13)11-2/h4H,5H2,1-3H3,(H,11,13). The molecule has 0 aliphatic rings. The van der Waals surface area contributed by atoms with Crippen LogP contribution in [0.3, 0.4) is 0 Å². The topological polar surface area (TPSA) is 66.5 Å². The number of sulfonamides is 1. The minimum atomic E-state index is -3.60. The van der Waals surface area contributed by atoms with E-state index in [1.807, 2.05) is 0 Å². The van der Waals surface area contributed by atoms with Crippen molar-refractivity contribution in [1.29, 1.82) is 0 Å². The van der Waals surface area contributed by atoms with Gasteiger partial charge in [-0.3, -0.25) is 4.79 Å². The molecule has 8 heteroatoms. The lowest BCUT2D eigenvalue weighted by molar-refractivity contribution is -0.120. The van der Waals surface area contributed by atoms with E-state index in [1.54, 1.807) is 13.0 Å². The number of hydrogen-bond donors (Lipinski definition) is 1. The first-order valence-electron chi connectivity index (χ1n) is 4.72. The highest BCUT2D eigenvalue weighted by atomic mass is 79.9. The second-order valence-electron chi connectivity index (χ2n) is 3.41. The molecule has 1 rings (SSSR count). The van der Waals surface area contributed by atoms with Gasteiger partial charge in [-0.05, 0) is 28.9 Å². The zero-order chi connectivity index (χ0) is 13.2. The molecule has 1 N–H and O–H groups in total. The monoisotopic (exact) mass is 340 g/mol. The van der Waals surface area contributed by atoms with Crippen molar-refractivity contribution in [3.8, 4) is 0 Å². The fourth-order valence-electron chi connectivity index (χ4n) is 1.22. The minimum Gasteiger partial charge on any atom is -0.358 e. The number of hydrogen-bond acceptors (Lipinski definition) is 4. The van der Waals surface area contributed by atoms with E-state index in [0.29, 0.717) is 4.88 Å². The number of nitrogens with one attached hydrogen (secondary N) is 1. The first-order valence-corrected chi connectivity index (χ1v) is 7.77. The number of amides is 1. The second kappa shape index (κ2) is 5.47. The van der Waals surface area contributed by atoms with Gasteiger partial charge >= 0.3 is 0 Å². The summed E-state index contributed by atoms with van der Waals surface area (Å²) >= 11 is 4.59. The van der Waals surface area contributed by atoms with E-state index in [0.717, 1.165) is 8.09 Å². The molecule has 1 amide bonds. The number of carbonyl (C=O) groups excluding carboxylic acids is 1. The van der Waals surface area contributed by atoms with Crippen molar-refractivity contribution in [3.05, 3.63) is 14.7 Å². The van der Waals surface area contributed by atoms with E-state index >= 15 is 0 Å². The van der Waals surface area contributed by atoms with Crippen molar-refractivity contribution < 1.29 is 13.2 Å². The fourth-order valence-corrected chi connectivity index (χ4v) is 4.73. The van der Waals surface area contributed by atoms with Crippen molar-refractivity contribution >= 4 is 43.2 Å². The quantitative estimate of drug-likeness (QED) is 0.895. The molecule has 17 heavy (non-hydrogen) atoms. The third kappa shape index (κ3) is 3.27. The van der Waals surface area contributed by atoms with Gasteiger partial charge in [0.05, 0.1) is 15.2 Å². The molecule has 0 aliphatic heterocycles. The van der Waals surface area contributed by atoms with Crippen LogP contribution in [0.5, 0.6) is 0 Å². The Morgan fingerprint density at radius 3 is 2.59 bits per heavy atom. The fraction of sp³-hybridized carbons (Fsp3) is 0.444. The van der Waals surface area contributed by atoms with Gasteiger partial charge in [0.25, 0.3) is 0 Å². The summed E-state index contributed by atoms with van der Waals surface area (Å²) < 4.78 is 26.1. The highest BCUT2D eigenvalue weighted by Gasteiger charge is 2.25. The molecule has 5 nitrogen and oxygen atoms in total. The molecule has 1 aromatic rings. The third-order valence-corrected chi connectivity index (χ3v) is 5.79. The van der Waals surface area contributed by atoms with Crippen LogP contribution in [0.1, 0.15) is 4.88 Å². The van der Waals surface area contributed by atoms with Crippen LogP contribution < -0.4 is 5.32 Å². The van der Waals surface area contributed by atoms with Crippen LogP contribution in [-0.4, -0.2) is 39.3 Å². The van der Waals surface area contributed by atoms with Crippen LogP contribution in [0.25, 0.3) is 0 Å². The molecule has 96 valence electrons. The molecule has 0 bridgehead atoms. The molecule has 1 heterocycles. The SMILES string of the molecule is CNC(=O)CN(C)S(=O)(=O)c1cc(Br)sc1C. The number of halogens is 1. The summed E-state index contributed by atoms with van der Waals surface area (Å²) in [5.74, 6) is -0.344. The van der Waals surface area contributed by atoms with Crippen LogP contribution in [-0.2, 0) is 14.8 Å². The summed E-state index contributed by atoms with van der Waals surface area (Å²) in [5, 5.41) is 2.39. The number of likely N-dealkylation sites (N-methyl/N-ethyl adjacent to an activating group) is 2. The van der Waals surface area contributed by atoms with E-state index in [9.17, 15) is 13.2 Å². The molecular weight excluding hydrogens is 328 g/mol. The summed E-state index contributed by atoms with van der Waals surface area (Å²) in [4.78, 5) is 12.1. The average Bonchev–Trinajstić information content (AvgIpc) is 2.58. The highest BCUT2D eigenvalue weighted by Crippen LogP contribution is 2.30. The summed E-state index contributed by atoms with van der Waals surface area (Å²) in [7, 11) is -0.749. The number of thiophene rings is 1. The Labute approximate surface area is 113 Å². The van der Waals surface area contributed by atoms with Gasteiger partial charge < -0.3 is 5.32 Å². The van der Waals surface area contributed by atoms with Gasteiger partial charge in [0.2, 0.25) is 15.9 Å². The molecular formula is C9H13BrN2O3S2. The maximum atomic E-state index is 12.1. The number of aryl methyl sites for hydroxylation is 1. The lowest BCUT2D eigenvalue weighted by Crippen LogP contribution is -2.36. The maximum absolute atomic E-state index is 12.1. The van der Waals surface area contributed by atoms with Gasteiger partial charge in [-0.2, -0.15) is 4.31 Å². The van der Waals surface area contributed by atoms with Gasteiger partial charge in [0.1, 0.15) is 0 Å². The zero-order valence-electron chi connectivity index (χ0n) is 9.65. The van der Waals surface area contributed by atoms with Crippen molar-refractivity contribution in [2.45, 2.75) is 11.8 Å². The van der Waals surface area contributed by atoms with Gasteiger partial charge in [-0.1, -0.05) is 0 Å². The summed E-state index contributed by atoms with van der Waals surface area (Å²) in [6, 6.07) is 1.55. The predicted molar refractivity (Wildman–Crippen MR) is 70.6 cm³/mol. The molecule has 0 aromatic carbocycles. The molecule has 0 saturated carbocycles. The third-order valence-electron chi connectivity index (χ3n) is 2.18. The Kier molecular flexibility index (Phi) is 4.70. The molecule has 0 atom stereocenters.